The first-order valence-electron chi connectivity index (χ1n) is 5.10. The molecule has 5 nitrogen and oxygen atoms in total. The summed E-state index contributed by atoms with van der Waals surface area (Å²) in [4.78, 5) is -0.182. The average molecular weight is 299 g/mol. The molecule has 0 saturated heterocycles. The number of likely N-dealkylation sites (N-methyl/N-ethyl adjacent to an activating group) is 1. The molecule has 0 aliphatic carbocycles. The quantitative estimate of drug-likeness (QED) is 0.887. The highest BCUT2D eigenvalue weighted by molar-refractivity contribution is 7.89. The van der Waals surface area contributed by atoms with Gasteiger partial charge >= 0.3 is 6.36 Å². The Kier molecular flexibility index (Phi) is 4.77. The van der Waals surface area contributed by atoms with Crippen LogP contribution in [0.25, 0.3) is 0 Å². The van der Waals surface area contributed by atoms with Gasteiger partial charge in [-0.25, -0.2) is 8.42 Å². The normalized spacial score (nSPS) is 12.7. The predicted octanol–water partition coefficient (Wildman–Crippen LogP) is 1.20. The molecule has 1 aromatic rings. The molecule has 9 heteroatoms. The van der Waals surface area contributed by atoms with Crippen molar-refractivity contribution < 1.29 is 31.4 Å². The van der Waals surface area contributed by atoms with Gasteiger partial charge in [0.15, 0.2) is 0 Å². The van der Waals surface area contributed by atoms with Crippen LogP contribution < -0.4 is 4.74 Å². The summed E-state index contributed by atoms with van der Waals surface area (Å²) >= 11 is 0. The number of nitrogens with zero attached hydrogens (tertiary/aromatic N) is 1. The fraction of sp³-hybridized carbons (Fsp3) is 0.400. The zero-order valence-corrected chi connectivity index (χ0v) is 10.7. The standard InChI is InChI=1S/C10H12F3NO4S/c1-14(6-7-15)19(16,17)9-4-2-8(3-5-9)18-10(11,12)13/h2-5,15H,6-7H2,1H3. The van der Waals surface area contributed by atoms with Gasteiger partial charge < -0.3 is 9.84 Å². The number of sulfonamides is 1. The van der Waals surface area contributed by atoms with Crippen LogP contribution in [0.5, 0.6) is 5.75 Å². The Morgan fingerprint density at radius 1 is 1.26 bits per heavy atom. The van der Waals surface area contributed by atoms with Crippen LogP contribution in [0.4, 0.5) is 13.2 Å². The monoisotopic (exact) mass is 299 g/mol. The Labute approximate surface area is 108 Å². The van der Waals surface area contributed by atoms with Gasteiger partial charge in [-0.05, 0) is 24.3 Å². The first-order valence-corrected chi connectivity index (χ1v) is 6.54. The summed E-state index contributed by atoms with van der Waals surface area (Å²) in [5.41, 5.74) is 0. The first-order chi connectivity index (χ1) is 8.66. The smallest absolute Gasteiger partial charge is 0.406 e. The van der Waals surface area contributed by atoms with Crippen molar-refractivity contribution >= 4 is 10.0 Å². The molecule has 1 aromatic carbocycles. The molecule has 0 unspecified atom stereocenters. The number of ether oxygens (including phenoxy) is 1. The van der Waals surface area contributed by atoms with Crippen LogP contribution >= 0.6 is 0 Å². The molecule has 0 atom stereocenters. The highest BCUT2D eigenvalue weighted by atomic mass is 32.2. The summed E-state index contributed by atoms with van der Waals surface area (Å²) in [6, 6.07) is 3.83. The lowest BCUT2D eigenvalue weighted by Crippen LogP contribution is -2.29. The molecule has 19 heavy (non-hydrogen) atoms. The second-order valence-corrected chi connectivity index (χ2v) is 5.61. The number of aliphatic hydroxyl groups is 1. The summed E-state index contributed by atoms with van der Waals surface area (Å²) in [5.74, 6) is -0.503. The van der Waals surface area contributed by atoms with Gasteiger partial charge in [-0.3, -0.25) is 0 Å². The van der Waals surface area contributed by atoms with E-state index in [2.05, 4.69) is 4.74 Å². The molecule has 1 rings (SSSR count). The third-order valence-electron chi connectivity index (χ3n) is 2.18. The van der Waals surface area contributed by atoms with Crippen molar-refractivity contribution in [1.82, 2.24) is 4.31 Å². The Morgan fingerprint density at radius 3 is 2.21 bits per heavy atom. The van der Waals surface area contributed by atoms with Crippen LogP contribution in [0.15, 0.2) is 29.2 Å². The van der Waals surface area contributed by atoms with Crippen LogP contribution in [0, 0.1) is 0 Å². The van der Waals surface area contributed by atoms with Crippen LogP contribution in [-0.2, 0) is 10.0 Å². The van der Waals surface area contributed by atoms with Crippen molar-refractivity contribution in [2.45, 2.75) is 11.3 Å². The number of hydrogen-bond donors (Lipinski definition) is 1. The van der Waals surface area contributed by atoms with E-state index in [4.69, 9.17) is 5.11 Å². The minimum absolute atomic E-state index is 0.108. The largest absolute Gasteiger partial charge is 0.573 e. The van der Waals surface area contributed by atoms with E-state index in [-0.39, 0.29) is 18.0 Å². The first kappa shape index (κ1) is 15.7. The molecule has 0 fully saturated rings. The zero-order valence-electron chi connectivity index (χ0n) is 9.88. The molecule has 0 spiro atoms. The second kappa shape index (κ2) is 5.76. The van der Waals surface area contributed by atoms with E-state index in [9.17, 15) is 21.6 Å². The van der Waals surface area contributed by atoms with E-state index < -0.39 is 22.1 Å². The van der Waals surface area contributed by atoms with Crippen molar-refractivity contribution in [2.24, 2.45) is 0 Å². The topological polar surface area (TPSA) is 66.8 Å². The van der Waals surface area contributed by atoms with Gasteiger partial charge in [0.2, 0.25) is 10.0 Å². The fourth-order valence-electron chi connectivity index (χ4n) is 1.25. The molecule has 108 valence electrons. The maximum Gasteiger partial charge on any atom is 0.573 e. The molecular formula is C10H12F3NO4S. The van der Waals surface area contributed by atoms with E-state index in [1.54, 1.807) is 0 Å². The van der Waals surface area contributed by atoms with Gasteiger partial charge in [0.1, 0.15) is 5.75 Å². The van der Waals surface area contributed by atoms with Gasteiger partial charge in [-0.1, -0.05) is 0 Å². The van der Waals surface area contributed by atoms with Gasteiger partial charge in [-0.2, -0.15) is 4.31 Å². The molecule has 1 N–H and O–H groups in total. The number of aliphatic hydroxyl groups excluding tert-OH is 1. The lowest BCUT2D eigenvalue weighted by molar-refractivity contribution is -0.274. The molecule has 0 bridgehead atoms. The fourth-order valence-corrected chi connectivity index (χ4v) is 2.42. The van der Waals surface area contributed by atoms with E-state index in [1.807, 2.05) is 0 Å². The summed E-state index contributed by atoms with van der Waals surface area (Å²) in [7, 11) is -2.57. The molecule has 0 aliphatic rings. The Hall–Kier alpha value is -1.32. The van der Waals surface area contributed by atoms with E-state index in [0.29, 0.717) is 0 Å². The summed E-state index contributed by atoms with van der Waals surface area (Å²) < 4.78 is 64.0. The van der Waals surface area contributed by atoms with Crippen LogP contribution in [0.1, 0.15) is 0 Å². The Bertz CT molecular complexity index is 513. The van der Waals surface area contributed by atoms with Crippen LogP contribution in [0.3, 0.4) is 0 Å². The van der Waals surface area contributed by atoms with Crippen molar-refractivity contribution in [1.29, 1.82) is 0 Å². The zero-order chi connectivity index (χ0) is 14.7. The second-order valence-electron chi connectivity index (χ2n) is 3.57. The lowest BCUT2D eigenvalue weighted by Gasteiger charge is -2.16. The third kappa shape index (κ3) is 4.37. The summed E-state index contributed by atoms with van der Waals surface area (Å²) in [6.07, 6.45) is -4.83. The molecule has 0 aliphatic heterocycles. The van der Waals surface area contributed by atoms with Crippen molar-refractivity contribution in [2.75, 3.05) is 20.2 Å². The van der Waals surface area contributed by atoms with E-state index >= 15 is 0 Å². The highest BCUT2D eigenvalue weighted by Crippen LogP contribution is 2.24. The van der Waals surface area contributed by atoms with Crippen LogP contribution in [0.2, 0.25) is 0 Å². The van der Waals surface area contributed by atoms with Gasteiger partial charge in [-0.15, -0.1) is 13.2 Å². The SMILES string of the molecule is CN(CCO)S(=O)(=O)c1ccc(OC(F)(F)F)cc1. The maximum atomic E-state index is 11.9. The van der Waals surface area contributed by atoms with E-state index in [1.165, 1.54) is 7.05 Å². The average Bonchev–Trinajstić information content (AvgIpc) is 2.27. The molecule has 0 saturated carbocycles. The van der Waals surface area contributed by atoms with E-state index in [0.717, 1.165) is 28.6 Å². The Morgan fingerprint density at radius 2 is 1.79 bits per heavy atom. The van der Waals surface area contributed by atoms with Gasteiger partial charge in [0, 0.05) is 13.6 Å². The molecule has 0 amide bonds. The molecular weight excluding hydrogens is 287 g/mol. The number of benzene rings is 1. The summed E-state index contributed by atoms with van der Waals surface area (Å²) in [5, 5.41) is 8.67. The third-order valence-corrected chi connectivity index (χ3v) is 4.05. The minimum atomic E-state index is -4.83. The molecule has 0 heterocycles. The van der Waals surface area contributed by atoms with Crippen molar-refractivity contribution in [3.8, 4) is 5.75 Å². The van der Waals surface area contributed by atoms with Gasteiger partial charge in [0.25, 0.3) is 0 Å². The lowest BCUT2D eigenvalue weighted by atomic mass is 10.3. The molecule has 0 aromatic heterocycles. The number of rotatable bonds is 5. The molecule has 0 radical (unpaired) electrons. The highest BCUT2D eigenvalue weighted by Gasteiger charge is 2.31. The Balaban J connectivity index is 2.93. The van der Waals surface area contributed by atoms with Crippen molar-refractivity contribution in [3.63, 3.8) is 0 Å². The predicted molar refractivity (Wildman–Crippen MR) is 60.0 cm³/mol. The number of hydrogen-bond acceptors (Lipinski definition) is 4. The summed E-state index contributed by atoms with van der Waals surface area (Å²) in [6.45, 7) is -0.464. The van der Waals surface area contributed by atoms with Crippen LogP contribution in [-0.4, -0.2) is 44.4 Å². The van der Waals surface area contributed by atoms with Gasteiger partial charge in [0.05, 0.1) is 11.5 Å². The minimum Gasteiger partial charge on any atom is -0.406 e. The number of alkyl halides is 3. The van der Waals surface area contributed by atoms with Crippen molar-refractivity contribution in [3.05, 3.63) is 24.3 Å². The maximum absolute atomic E-state index is 11.9. The number of halogens is 3.